The molecule has 0 aliphatic carbocycles. The van der Waals surface area contributed by atoms with Crippen LogP contribution < -0.4 is 5.32 Å². The molecule has 0 amide bonds. The van der Waals surface area contributed by atoms with Gasteiger partial charge in [-0.3, -0.25) is 0 Å². The van der Waals surface area contributed by atoms with Crippen molar-refractivity contribution in [2.24, 2.45) is 5.41 Å². The average Bonchev–Trinajstić information content (AvgIpc) is 2.17. The number of hydrogen-bond donors (Lipinski definition) is 3. The lowest BCUT2D eigenvalue weighted by Gasteiger charge is -2.38. The summed E-state index contributed by atoms with van der Waals surface area (Å²) in [5.41, 5.74) is 2.02. The molecule has 16 heavy (non-hydrogen) atoms. The number of aliphatic hydroxyl groups is 1. The standard InChI is InChI=1S/C13H19NO2/c1-13(2,3)12-9-5-4-8(15)6-10(9)11(16)7-14-12/h4-6,11-12,14-16H,7H2,1-3H3. The Balaban J connectivity index is 2.49. The summed E-state index contributed by atoms with van der Waals surface area (Å²) < 4.78 is 0. The van der Waals surface area contributed by atoms with E-state index >= 15 is 0 Å². The normalized spacial score (nSPS) is 25.2. The average molecular weight is 221 g/mol. The number of fused-ring (bicyclic) bond motifs is 1. The second kappa shape index (κ2) is 3.75. The molecule has 3 nitrogen and oxygen atoms in total. The lowest BCUT2D eigenvalue weighted by Crippen LogP contribution is -2.39. The maximum absolute atomic E-state index is 9.90. The third-order valence-electron chi connectivity index (χ3n) is 3.12. The fourth-order valence-electron chi connectivity index (χ4n) is 2.34. The molecular weight excluding hydrogens is 202 g/mol. The summed E-state index contributed by atoms with van der Waals surface area (Å²) in [5, 5.41) is 22.7. The smallest absolute Gasteiger partial charge is 0.115 e. The molecule has 0 spiro atoms. The highest BCUT2D eigenvalue weighted by Crippen LogP contribution is 2.40. The molecule has 1 aromatic carbocycles. The first-order valence-corrected chi connectivity index (χ1v) is 5.64. The summed E-state index contributed by atoms with van der Waals surface area (Å²) in [6.07, 6.45) is -0.527. The van der Waals surface area contributed by atoms with Gasteiger partial charge in [-0.2, -0.15) is 0 Å². The van der Waals surface area contributed by atoms with E-state index in [0.717, 1.165) is 11.1 Å². The van der Waals surface area contributed by atoms with Crippen LogP contribution in [0, 0.1) is 5.41 Å². The Labute approximate surface area is 96.1 Å². The van der Waals surface area contributed by atoms with Gasteiger partial charge in [-0.15, -0.1) is 0 Å². The Bertz CT molecular complexity index is 395. The summed E-state index contributed by atoms with van der Waals surface area (Å²) in [7, 11) is 0. The quantitative estimate of drug-likeness (QED) is 0.629. The van der Waals surface area contributed by atoms with Crippen molar-refractivity contribution >= 4 is 0 Å². The number of rotatable bonds is 0. The number of benzene rings is 1. The first-order chi connectivity index (χ1) is 7.39. The second-order valence-corrected chi connectivity index (χ2v) is 5.54. The minimum Gasteiger partial charge on any atom is -0.508 e. The van der Waals surface area contributed by atoms with Crippen LogP contribution in [0.3, 0.4) is 0 Å². The van der Waals surface area contributed by atoms with Gasteiger partial charge in [0.05, 0.1) is 6.10 Å². The number of phenols is 1. The van der Waals surface area contributed by atoms with Gasteiger partial charge in [0.15, 0.2) is 0 Å². The fourth-order valence-corrected chi connectivity index (χ4v) is 2.34. The number of nitrogens with one attached hydrogen (secondary N) is 1. The van der Waals surface area contributed by atoms with E-state index in [0.29, 0.717) is 6.54 Å². The molecule has 2 rings (SSSR count). The Kier molecular flexibility index (Phi) is 2.68. The van der Waals surface area contributed by atoms with E-state index in [1.807, 2.05) is 6.07 Å². The lowest BCUT2D eigenvalue weighted by molar-refractivity contribution is 0.134. The topological polar surface area (TPSA) is 52.5 Å². The van der Waals surface area contributed by atoms with Crippen molar-refractivity contribution in [2.45, 2.75) is 32.9 Å². The van der Waals surface area contributed by atoms with Crippen LogP contribution in [0.5, 0.6) is 5.75 Å². The molecule has 3 N–H and O–H groups in total. The SMILES string of the molecule is CC(C)(C)C1NCC(O)c2cc(O)ccc21. The number of phenolic OH excluding ortho intramolecular Hbond substituents is 1. The molecule has 1 aliphatic heterocycles. The lowest BCUT2D eigenvalue weighted by atomic mass is 9.78. The summed E-state index contributed by atoms with van der Waals surface area (Å²) in [4.78, 5) is 0. The van der Waals surface area contributed by atoms with Gasteiger partial charge in [0.2, 0.25) is 0 Å². The molecular formula is C13H19NO2. The Morgan fingerprint density at radius 1 is 1.25 bits per heavy atom. The molecule has 0 radical (unpaired) electrons. The number of β-amino-alcohol motifs (C(OH)–C–C–N with tert-alkyl or cyclic N) is 1. The first-order valence-electron chi connectivity index (χ1n) is 5.64. The van der Waals surface area contributed by atoms with Crippen molar-refractivity contribution < 1.29 is 10.2 Å². The van der Waals surface area contributed by atoms with Crippen LogP contribution in [0.2, 0.25) is 0 Å². The van der Waals surface area contributed by atoms with Crippen molar-refractivity contribution in [3.05, 3.63) is 29.3 Å². The first kappa shape index (κ1) is 11.4. The fraction of sp³-hybridized carbons (Fsp3) is 0.538. The molecule has 0 fully saturated rings. The van der Waals surface area contributed by atoms with Crippen molar-refractivity contribution in [2.75, 3.05) is 6.54 Å². The third kappa shape index (κ3) is 1.93. The molecule has 1 heterocycles. The van der Waals surface area contributed by atoms with E-state index in [1.165, 1.54) is 0 Å². The zero-order valence-electron chi connectivity index (χ0n) is 9.99. The van der Waals surface area contributed by atoms with Gasteiger partial charge >= 0.3 is 0 Å². The van der Waals surface area contributed by atoms with Crippen molar-refractivity contribution in [3.8, 4) is 5.75 Å². The van der Waals surface area contributed by atoms with E-state index < -0.39 is 6.10 Å². The summed E-state index contributed by atoms with van der Waals surface area (Å²) >= 11 is 0. The van der Waals surface area contributed by atoms with Crippen LogP contribution in [0.1, 0.15) is 44.0 Å². The molecule has 3 heteroatoms. The van der Waals surface area contributed by atoms with E-state index in [-0.39, 0.29) is 17.2 Å². The van der Waals surface area contributed by atoms with Crippen LogP contribution in [-0.4, -0.2) is 16.8 Å². The Hall–Kier alpha value is -1.06. The van der Waals surface area contributed by atoms with Gasteiger partial charge in [0, 0.05) is 12.6 Å². The summed E-state index contributed by atoms with van der Waals surface area (Å²) in [6, 6.07) is 5.46. The number of aliphatic hydroxyl groups excluding tert-OH is 1. The predicted molar refractivity (Wildman–Crippen MR) is 63.3 cm³/mol. The Morgan fingerprint density at radius 2 is 1.94 bits per heavy atom. The van der Waals surface area contributed by atoms with Gasteiger partial charge in [0.1, 0.15) is 5.75 Å². The molecule has 2 atom stereocenters. The minimum absolute atomic E-state index is 0.0891. The Morgan fingerprint density at radius 3 is 2.56 bits per heavy atom. The highest BCUT2D eigenvalue weighted by molar-refractivity contribution is 5.40. The highest BCUT2D eigenvalue weighted by Gasteiger charge is 2.33. The van der Waals surface area contributed by atoms with Crippen LogP contribution in [0.15, 0.2) is 18.2 Å². The predicted octanol–water partition coefficient (Wildman–Crippen LogP) is 2.12. The van der Waals surface area contributed by atoms with Crippen molar-refractivity contribution in [1.29, 1.82) is 0 Å². The summed E-state index contributed by atoms with van der Waals surface area (Å²) in [6.45, 7) is 7.04. The monoisotopic (exact) mass is 221 g/mol. The minimum atomic E-state index is -0.527. The molecule has 2 unspecified atom stereocenters. The maximum Gasteiger partial charge on any atom is 0.115 e. The largest absolute Gasteiger partial charge is 0.508 e. The van der Waals surface area contributed by atoms with E-state index in [4.69, 9.17) is 0 Å². The van der Waals surface area contributed by atoms with Gasteiger partial charge in [-0.05, 0) is 28.7 Å². The van der Waals surface area contributed by atoms with Gasteiger partial charge in [-0.25, -0.2) is 0 Å². The van der Waals surface area contributed by atoms with Gasteiger partial charge < -0.3 is 15.5 Å². The molecule has 0 aromatic heterocycles. The zero-order chi connectivity index (χ0) is 11.9. The maximum atomic E-state index is 9.90. The van der Waals surface area contributed by atoms with Gasteiger partial charge in [0.25, 0.3) is 0 Å². The molecule has 0 saturated heterocycles. The molecule has 88 valence electrons. The third-order valence-corrected chi connectivity index (χ3v) is 3.12. The van der Waals surface area contributed by atoms with Crippen LogP contribution in [0.4, 0.5) is 0 Å². The number of aromatic hydroxyl groups is 1. The van der Waals surface area contributed by atoms with Crippen molar-refractivity contribution in [3.63, 3.8) is 0 Å². The molecule has 1 aliphatic rings. The highest BCUT2D eigenvalue weighted by atomic mass is 16.3. The molecule has 0 bridgehead atoms. The molecule has 1 aromatic rings. The summed E-state index contributed by atoms with van der Waals surface area (Å²) in [5.74, 6) is 0.215. The zero-order valence-corrected chi connectivity index (χ0v) is 9.99. The van der Waals surface area contributed by atoms with Crippen molar-refractivity contribution in [1.82, 2.24) is 5.32 Å². The molecule has 0 saturated carbocycles. The van der Waals surface area contributed by atoms with Gasteiger partial charge in [-0.1, -0.05) is 26.8 Å². The van der Waals surface area contributed by atoms with E-state index in [9.17, 15) is 10.2 Å². The second-order valence-electron chi connectivity index (χ2n) is 5.54. The van der Waals surface area contributed by atoms with Crippen LogP contribution >= 0.6 is 0 Å². The van der Waals surface area contributed by atoms with Crippen LogP contribution in [0.25, 0.3) is 0 Å². The van der Waals surface area contributed by atoms with E-state index in [2.05, 4.69) is 26.1 Å². The van der Waals surface area contributed by atoms with E-state index in [1.54, 1.807) is 12.1 Å². The number of hydrogen-bond acceptors (Lipinski definition) is 3. The van der Waals surface area contributed by atoms with Crippen LogP contribution in [-0.2, 0) is 0 Å².